The number of hydrogen-bond donors (Lipinski definition) is 1. The SMILES string of the molecule is C[C@H](NS(=O)(=O)c1cc(Cl)ccc1Cl)C(=O)N1CCN(Cc2ccccc2)CC1. The molecule has 3 rings (SSSR count). The molecule has 0 radical (unpaired) electrons. The van der Waals surface area contributed by atoms with Crippen LogP contribution in [0.4, 0.5) is 0 Å². The first-order valence-corrected chi connectivity index (χ1v) is 11.5. The molecule has 1 aliphatic heterocycles. The minimum Gasteiger partial charge on any atom is -0.339 e. The minimum atomic E-state index is -3.97. The number of amides is 1. The van der Waals surface area contributed by atoms with E-state index in [4.69, 9.17) is 23.2 Å². The van der Waals surface area contributed by atoms with Gasteiger partial charge in [-0.1, -0.05) is 53.5 Å². The van der Waals surface area contributed by atoms with Crippen LogP contribution in [0.3, 0.4) is 0 Å². The number of nitrogens with one attached hydrogen (secondary N) is 1. The highest BCUT2D eigenvalue weighted by molar-refractivity contribution is 7.89. The van der Waals surface area contributed by atoms with E-state index in [9.17, 15) is 13.2 Å². The topological polar surface area (TPSA) is 69.7 Å². The Morgan fingerprint density at radius 1 is 1.07 bits per heavy atom. The van der Waals surface area contributed by atoms with Gasteiger partial charge in [0.1, 0.15) is 4.90 Å². The van der Waals surface area contributed by atoms with E-state index in [1.54, 1.807) is 4.90 Å². The first-order chi connectivity index (χ1) is 13.8. The van der Waals surface area contributed by atoms with E-state index in [-0.39, 0.29) is 20.8 Å². The zero-order chi connectivity index (χ0) is 21.0. The van der Waals surface area contributed by atoms with Crippen molar-refractivity contribution < 1.29 is 13.2 Å². The Kier molecular flexibility index (Phi) is 7.19. The molecule has 0 spiro atoms. The summed E-state index contributed by atoms with van der Waals surface area (Å²) in [5.41, 5.74) is 1.23. The molecule has 0 saturated carbocycles. The smallest absolute Gasteiger partial charge is 0.242 e. The average Bonchev–Trinajstić information content (AvgIpc) is 2.70. The third kappa shape index (κ3) is 5.71. The van der Waals surface area contributed by atoms with Gasteiger partial charge in [0, 0.05) is 37.7 Å². The van der Waals surface area contributed by atoms with Gasteiger partial charge in [-0.05, 0) is 30.7 Å². The maximum atomic E-state index is 12.7. The monoisotopic (exact) mass is 455 g/mol. The Morgan fingerprint density at radius 3 is 2.38 bits per heavy atom. The van der Waals surface area contributed by atoms with E-state index >= 15 is 0 Å². The van der Waals surface area contributed by atoms with Gasteiger partial charge in [0.05, 0.1) is 11.1 Å². The third-order valence-electron chi connectivity index (χ3n) is 4.82. The number of piperazine rings is 1. The molecule has 1 atom stereocenters. The number of sulfonamides is 1. The summed E-state index contributed by atoms with van der Waals surface area (Å²) in [4.78, 5) is 16.6. The first-order valence-electron chi connectivity index (χ1n) is 9.29. The highest BCUT2D eigenvalue weighted by Gasteiger charge is 2.29. The van der Waals surface area contributed by atoms with Crippen LogP contribution in [0.2, 0.25) is 10.0 Å². The van der Waals surface area contributed by atoms with Gasteiger partial charge in [-0.3, -0.25) is 9.69 Å². The summed E-state index contributed by atoms with van der Waals surface area (Å²) >= 11 is 11.9. The third-order valence-corrected chi connectivity index (χ3v) is 7.08. The Morgan fingerprint density at radius 2 is 1.72 bits per heavy atom. The van der Waals surface area contributed by atoms with Crippen LogP contribution in [0.25, 0.3) is 0 Å². The first kappa shape index (κ1) is 22.1. The molecule has 0 unspecified atom stereocenters. The van der Waals surface area contributed by atoms with Gasteiger partial charge in [0.15, 0.2) is 0 Å². The molecule has 1 amide bonds. The number of nitrogens with zero attached hydrogens (tertiary/aromatic N) is 2. The van der Waals surface area contributed by atoms with Gasteiger partial charge in [0.25, 0.3) is 0 Å². The standard InChI is InChI=1S/C20H23Cl2N3O3S/c1-15(23-29(27,28)19-13-17(21)7-8-18(19)22)20(26)25-11-9-24(10-12-25)14-16-5-3-2-4-6-16/h2-8,13,15,23H,9-12,14H2,1H3/t15-/m0/s1. The summed E-state index contributed by atoms with van der Waals surface area (Å²) in [6.07, 6.45) is 0. The van der Waals surface area contributed by atoms with Gasteiger partial charge in [-0.15, -0.1) is 0 Å². The molecule has 9 heteroatoms. The fourth-order valence-electron chi connectivity index (χ4n) is 3.27. The number of hydrogen-bond acceptors (Lipinski definition) is 4. The van der Waals surface area contributed by atoms with Crippen molar-refractivity contribution >= 4 is 39.1 Å². The molecule has 0 aliphatic carbocycles. The maximum Gasteiger partial charge on any atom is 0.242 e. The van der Waals surface area contributed by atoms with Gasteiger partial charge in [-0.2, -0.15) is 4.72 Å². The zero-order valence-electron chi connectivity index (χ0n) is 16.0. The van der Waals surface area contributed by atoms with E-state index in [2.05, 4.69) is 21.8 Å². The zero-order valence-corrected chi connectivity index (χ0v) is 18.3. The minimum absolute atomic E-state index is 0.0519. The number of carbonyl (C=O) groups excluding carboxylic acids is 1. The van der Waals surface area contributed by atoms with Crippen LogP contribution in [0.1, 0.15) is 12.5 Å². The lowest BCUT2D eigenvalue weighted by Gasteiger charge is -2.36. The second kappa shape index (κ2) is 9.45. The molecule has 156 valence electrons. The molecular weight excluding hydrogens is 433 g/mol. The largest absolute Gasteiger partial charge is 0.339 e. The molecule has 1 heterocycles. The molecule has 1 aliphatic rings. The highest BCUT2D eigenvalue weighted by Crippen LogP contribution is 2.25. The van der Waals surface area contributed by atoms with Crippen LogP contribution in [0, 0.1) is 0 Å². The lowest BCUT2D eigenvalue weighted by molar-refractivity contribution is -0.134. The van der Waals surface area contributed by atoms with E-state index in [0.717, 1.165) is 19.6 Å². The summed E-state index contributed by atoms with van der Waals surface area (Å²) in [6, 6.07) is 13.4. The summed E-state index contributed by atoms with van der Waals surface area (Å²) in [6.45, 7) is 4.94. The average molecular weight is 456 g/mol. The predicted molar refractivity (Wildman–Crippen MR) is 115 cm³/mol. The summed E-state index contributed by atoms with van der Waals surface area (Å²) < 4.78 is 27.7. The Bertz CT molecular complexity index is 962. The van der Waals surface area contributed by atoms with Crippen molar-refractivity contribution in [2.75, 3.05) is 26.2 Å². The van der Waals surface area contributed by atoms with Crippen LogP contribution >= 0.6 is 23.2 Å². The lowest BCUT2D eigenvalue weighted by Crippen LogP contribution is -2.53. The second-order valence-corrected chi connectivity index (χ2v) is 9.53. The summed E-state index contributed by atoms with van der Waals surface area (Å²) in [5.74, 6) is -0.258. The van der Waals surface area contributed by atoms with Crippen LogP contribution in [0.15, 0.2) is 53.4 Å². The number of carbonyl (C=O) groups is 1. The van der Waals surface area contributed by atoms with Crippen molar-refractivity contribution in [1.82, 2.24) is 14.5 Å². The Balaban J connectivity index is 1.57. The van der Waals surface area contributed by atoms with E-state index in [0.29, 0.717) is 13.1 Å². The van der Waals surface area contributed by atoms with E-state index < -0.39 is 16.1 Å². The summed E-state index contributed by atoms with van der Waals surface area (Å²) in [7, 11) is -3.97. The van der Waals surface area contributed by atoms with Gasteiger partial charge < -0.3 is 4.90 Å². The van der Waals surface area contributed by atoms with Crippen molar-refractivity contribution in [1.29, 1.82) is 0 Å². The molecule has 1 saturated heterocycles. The Labute approximate surface area is 181 Å². The van der Waals surface area contributed by atoms with Crippen LogP contribution in [-0.2, 0) is 21.4 Å². The number of benzene rings is 2. The molecule has 1 N–H and O–H groups in total. The van der Waals surface area contributed by atoms with E-state index in [1.165, 1.54) is 30.7 Å². The van der Waals surface area contributed by atoms with Crippen molar-refractivity contribution in [2.24, 2.45) is 0 Å². The molecule has 6 nitrogen and oxygen atoms in total. The molecule has 2 aromatic carbocycles. The fraction of sp³-hybridized carbons (Fsp3) is 0.350. The van der Waals surface area contributed by atoms with Crippen LogP contribution < -0.4 is 4.72 Å². The molecule has 2 aromatic rings. The predicted octanol–water partition coefficient (Wildman–Crippen LogP) is 3.00. The number of halogens is 2. The maximum absolute atomic E-state index is 12.7. The van der Waals surface area contributed by atoms with Crippen LogP contribution in [-0.4, -0.2) is 56.3 Å². The van der Waals surface area contributed by atoms with E-state index in [1.807, 2.05) is 18.2 Å². The molecule has 1 fully saturated rings. The van der Waals surface area contributed by atoms with Gasteiger partial charge in [-0.25, -0.2) is 8.42 Å². The lowest BCUT2D eigenvalue weighted by atomic mass is 10.2. The second-order valence-electron chi connectivity index (χ2n) is 7.00. The summed E-state index contributed by atoms with van der Waals surface area (Å²) in [5, 5.41) is 0.305. The quantitative estimate of drug-likeness (QED) is 0.726. The molecular formula is C20H23Cl2N3O3S. The van der Waals surface area contributed by atoms with Crippen molar-refractivity contribution in [3.8, 4) is 0 Å². The van der Waals surface area contributed by atoms with Gasteiger partial charge >= 0.3 is 0 Å². The Hall–Kier alpha value is -1.64. The number of rotatable bonds is 6. The van der Waals surface area contributed by atoms with Crippen molar-refractivity contribution in [2.45, 2.75) is 24.4 Å². The highest BCUT2D eigenvalue weighted by atomic mass is 35.5. The van der Waals surface area contributed by atoms with Crippen molar-refractivity contribution in [3.05, 3.63) is 64.1 Å². The van der Waals surface area contributed by atoms with Crippen molar-refractivity contribution in [3.63, 3.8) is 0 Å². The molecule has 0 bridgehead atoms. The fourth-order valence-corrected chi connectivity index (χ4v) is 5.23. The van der Waals surface area contributed by atoms with Gasteiger partial charge in [0.2, 0.25) is 15.9 Å². The molecule has 0 aromatic heterocycles. The molecule has 29 heavy (non-hydrogen) atoms. The van der Waals surface area contributed by atoms with Crippen LogP contribution in [0.5, 0.6) is 0 Å². The normalized spacial score (nSPS) is 16.6.